The average molecular weight is 328 g/mol. The highest BCUT2D eigenvalue weighted by atomic mass is 79.9. The molecule has 0 spiro atoms. The Hall–Kier alpha value is -1.40. The Bertz CT molecular complexity index is 660. The summed E-state index contributed by atoms with van der Waals surface area (Å²) in [6.45, 7) is 2.18. The summed E-state index contributed by atoms with van der Waals surface area (Å²) in [4.78, 5) is 23.9. The molecule has 1 N–H and O–H groups in total. The van der Waals surface area contributed by atoms with Crippen LogP contribution in [-0.4, -0.2) is 15.6 Å². The molecule has 18 heavy (non-hydrogen) atoms. The predicted octanol–water partition coefficient (Wildman–Crippen LogP) is 2.73. The van der Waals surface area contributed by atoms with Crippen molar-refractivity contribution in [2.45, 2.75) is 13.5 Å². The molecule has 6 heteroatoms. The maximum Gasteiger partial charge on any atom is 0.341 e. The van der Waals surface area contributed by atoms with E-state index in [-0.39, 0.29) is 5.56 Å². The van der Waals surface area contributed by atoms with E-state index in [4.69, 9.17) is 5.11 Å². The first-order valence-corrected chi connectivity index (χ1v) is 6.78. The molecule has 94 valence electrons. The number of carbonyl (C=O) groups is 1. The molecule has 0 aliphatic heterocycles. The van der Waals surface area contributed by atoms with Crippen molar-refractivity contribution in [1.29, 1.82) is 0 Å². The number of hydrogen-bond acceptors (Lipinski definition) is 3. The van der Waals surface area contributed by atoms with Gasteiger partial charge in [-0.3, -0.25) is 4.79 Å². The lowest BCUT2D eigenvalue weighted by Crippen LogP contribution is -2.27. The summed E-state index contributed by atoms with van der Waals surface area (Å²) in [6, 6.07) is 6.81. The van der Waals surface area contributed by atoms with Crippen LogP contribution < -0.4 is 5.56 Å². The molecule has 2 heterocycles. The van der Waals surface area contributed by atoms with Crippen LogP contribution in [0.4, 0.5) is 0 Å². The maximum absolute atomic E-state index is 12.0. The van der Waals surface area contributed by atoms with Crippen LogP contribution in [0.15, 0.2) is 32.8 Å². The Balaban J connectivity index is 2.47. The number of aromatic carboxylic acids is 1. The van der Waals surface area contributed by atoms with E-state index < -0.39 is 11.5 Å². The molecule has 0 bridgehead atoms. The highest BCUT2D eigenvalue weighted by Gasteiger charge is 2.13. The summed E-state index contributed by atoms with van der Waals surface area (Å²) in [5, 5.41) is 8.93. The summed E-state index contributed by atoms with van der Waals surface area (Å²) in [7, 11) is 0. The Kier molecular flexibility index (Phi) is 3.68. The molecule has 0 aliphatic rings. The number of thiophene rings is 1. The number of aromatic nitrogens is 1. The molecule has 4 nitrogen and oxygen atoms in total. The van der Waals surface area contributed by atoms with Gasteiger partial charge in [-0.25, -0.2) is 4.79 Å². The summed E-state index contributed by atoms with van der Waals surface area (Å²) >= 11 is 4.88. The van der Waals surface area contributed by atoms with Gasteiger partial charge in [-0.15, -0.1) is 11.3 Å². The van der Waals surface area contributed by atoms with Gasteiger partial charge in [0.15, 0.2) is 0 Å². The normalized spacial score (nSPS) is 10.6. The number of hydrogen-bond donors (Lipinski definition) is 1. The number of halogens is 1. The van der Waals surface area contributed by atoms with Crippen molar-refractivity contribution in [3.8, 4) is 0 Å². The fourth-order valence-corrected chi connectivity index (χ4v) is 3.09. The molecule has 2 aromatic heterocycles. The summed E-state index contributed by atoms with van der Waals surface area (Å²) in [5.74, 6) is -1.19. The topological polar surface area (TPSA) is 59.3 Å². The van der Waals surface area contributed by atoms with Crippen molar-refractivity contribution in [1.82, 2.24) is 4.57 Å². The number of pyridine rings is 1. The second kappa shape index (κ2) is 5.07. The van der Waals surface area contributed by atoms with Crippen LogP contribution in [0, 0.1) is 6.92 Å². The van der Waals surface area contributed by atoms with Crippen molar-refractivity contribution >= 4 is 33.2 Å². The van der Waals surface area contributed by atoms with Crippen LogP contribution in [0.3, 0.4) is 0 Å². The molecule has 0 unspecified atom stereocenters. The lowest BCUT2D eigenvalue weighted by molar-refractivity contribution is 0.0694. The zero-order valence-electron chi connectivity index (χ0n) is 9.51. The van der Waals surface area contributed by atoms with E-state index in [1.54, 1.807) is 13.0 Å². The molecule has 0 saturated carbocycles. The minimum absolute atomic E-state index is 0.198. The summed E-state index contributed by atoms with van der Waals surface area (Å²) in [6.07, 6.45) is 0. The van der Waals surface area contributed by atoms with E-state index in [2.05, 4.69) is 15.9 Å². The van der Waals surface area contributed by atoms with Gasteiger partial charge in [0, 0.05) is 10.6 Å². The second-order valence-electron chi connectivity index (χ2n) is 3.79. The molecule has 0 aliphatic carbocycles. The van der Waals surface area contributed by atoms with Gasteiger partial charge >= 0.3 is 5.97 Å². The molecular weight excluding hydrogens is 318 g/mol. The number of aryl methyl sites for hydroxylation is 1. The van der Waals surface area contributed by atoms with Crippen LogP contribution in [0.2, 0.25) is 0 Å². The van der Waals surface area contributed by atoms with E-state index in [0.717, 1.165) is 14.4 Å². The SMILES string of the molecule is Cc1ccc(C(=O)O)c(=O)n1Cc1ccc(Br)s1. The molecule has 0 atom stereocenters. The Labute approximate surface area is 116 Å². The first-order valence-electron chi connectivity index (χ1n) is 5.17. The predicted molar refractivity (Wildman–Crippen MR) is 73.5 cm³/mol. The molecule has 0 fully saturated rings. The number of rotatable bonds is 3. The minimum Gasteiger partial charge on any atom is -0.477 e. The van der Waals surface area contributed by atoms with Gasteiger partial charge < -0.3 is 9.67 Å². The lowest BCUT2D eigenvalue weighted by atomic mass is 10.2. The van der Waals surface area contributed by atoms with Crippen LogP contribution in [0.25, 0.3) is 0 Å². The molecule has 2 aromatic rings. The lowest BCUT2D eigenvalue weighted by Gasteiger charge is -2.09. The number of carboxylic acid groups (broad SMARTS) is 1. The fraction of sp³-hybridized carbons (Fsp3) is 0.167. The van der Waals surface area contributed by atoms with Gasteiger partial charge in [-0.05, 0) is 47.1 Å². The standard InChI is InChI=1S/C12H10BrNO3S/c1-7-2-4-9(12(16)17)11(15)14(7)6-8-3-5-10(13)18-8/h2-5H,6H2,1H3,(H,16,17). The van der Waals surface area contributed by atoms with E-state index in [1.807, 2.05) is 12.1 Å². The number of nitrogens with zero attached hydrogens (tertiary/aromatic N) is 1. The van der Waals surface area contributed by atoms with Crippen molar-refractivity contribution in [2.24, 2.45) is 0 Å². The fourth-order valence-electron chi connectivity index (χ4n) is 1.62. The van der Waals surface area contributed by atoms with Crippen LogP contribution in [0.5, 0.6) is 0 Å². The van der Waals surface area contributed by atoms with Crippen molar-refractivity contribution in [2.75, 3.05) is 0 Å². The van der Waals surface area contributed by atoms with Gasteiger partial charge in [0.1, 0.15) is 5.56 Å². The first kappa shape index (κ1) is 13.0. The molecule has 0 amide bonds. The van der Waals surface area contributed by atoms with Crippen LogP contribution in [0.1, 0.15) is 20.9 Å². The Morgan fingerprint density at radius 1 is 1.39 bits per heavy atom. The van der Waals surface area contributed by atoms with Crippen LogP contribution in [-0.2, 0) is 6.54 Å². The zero-order valence-corrected chi connectivity index (χ0v) is 11.9. The van der Waals surface area contributed by atoms with E-state index in [1.165, 1.54) is 22.0 Å². The molecule has 2 rings (SSSR count). The van der Waals surface area contributed by atoms with E-state index in [9.17, 15) is 9.59 Å². The molecule has 0 aromatic carbocycles. The van der Waals surface area contributed by atoms with Gasteiger partial charge in [-0.2, -0.15) is 0 Å². The quantitative estimate of drug-likeness (QED) is 0.942. The van der Waals surface area contributed by atoms with Crippen molar-refractivity contribution in [3.05, 3.63) is 54.5 Å². The molecular formula is C12H10BrNO3S. The van der Waals surface area contributed by atoms with Crippen LogP contribution >= 0.6 is 27.3 Å². The third-order valence-electron chi connectivity index (χ3n) is 2.57. The van der Waals surface area contributed by atoms with Crippen molar-refractivity contribution in [3.63, 3.8) is 0 Å². The van der Waals surface area contributed by atoms with E-state index >= 15 is 0 Å². The Morgan fingerprint density at radius 3 is 2.67 bits per heavy atom. The third-order valence-corrected chi connectivity index (χ3v) is 4.17. The zero-order chi connectivity index (χ0) is 13.3. The van der Waals surface area contributed by atoms with Crippen molar-refractivity contribution < 1.29 is 9.90 Å². The number of carboxylic acids is 1. The van der Waals surface area contributed by atoms with E-state index in [0.29, 0.717) is 6.54 Å². The Morgan fingerprint density at radius 2 is 2.11 bits per heavy atom. The largest absolute Gasteiger partial charge is 0.477 e. The van der Waals surface area contributed by atoms with Gasteiger partial charge in [0.25, 0.3) is 5.56 Å². The monoisotopic (exact) mass is 327 g/mol. The van der Waals surface area contributed by atoms with Gasteiger partial charge in [0.2, 0.25) is 0 Å². The first-order chi connectivity index (χ1) is 8.49. The maximum atomic E-state index is 12.0. The average Bonchev–Trinajstić information content (AvgIpc) is 2.69. The van der Waals surface area contributed by atoms with Gasteiger partial charge in [-0.1, -0.05) is 0 Å². The minimum atomic E-state index is -1.19. The molecule has 0 radical (unpaired) electrons. The highest BCUT2D eigenvalue weighted by molar-refractivity contribution is 9.11. The third kappa shape index (κ3) is 2.54. The second-order valence-corrected chi connectivity index (χ2v) is 6.34. The highest BCUT2D eigenvalue weighted by Crippen LogP contribution is 2.22. The summed E-state index contributed by atoms with van der Waals surface area (Å²) < 4.78 is 2.46. The molecule has 0 saturated heterocycles. The summed E-state index contributed by atoms with van der Waals surface area (Å²) in [5.41, 5.74) is 0.0813. The smallest absolute Gasteiger partial charge is 0.341 e. The van der Waals surface area contributed by atoms with Gasteiger partial charge in [0.05, 0.1) is 10.3 Å².